The summed E-state index contributed by atoms with van der Waals surface area (Å²) in [6.45, 7) is 11.0. The fourth-order valence-corrected chi connectivity index (χ4v) is 7.48. The van der Waals surface area contributed by atoms with Crippen molar-refractivity contribution in [3.05, 3.63) is 11.1 Å². The van der Waals surface area contributed by atoms with Crippen LogP contribution in [0, 0.1) is 28.6 Å². The van der Waals surface area contributed by atoms with Crippen molar-refractivity contribution in [2.75, 3.05) is 12.8 Å². The van der Waals surface area contributed by atoms with Gasteiger partial charge in [0.15, 0.2) is 5.78 Å². The molecule has 2 unspecified atom stereocenters. The van der Waals surface area contributed by atoms with Gasteiger partial charge in [-0.1, -0.05) is 27.7 Å². The molecule has 4 rings (SSSR count). The summed E-state index contributed by atoms with van der Waals surface area (Å²) >= 11 is 0.939. The first kappa shape index (κ1) is 22.8. The maximum absolute atomic E-state index is 14.0. The van der Waals surface area contributed by atoms with Crippen molar-refractivity contribution in [3.63, 3.8) is 0 Å². The van der Waals surface area contributed by atoms with Crippen LogP contribution in [0.1, 0.15) is 55.8 Å². The largest absolute Gasteiger partial charge is 0.459 e. The van der Waals surface area contributed by atoms with Gasteiger partial charge in [-0.2, -0.15) is 0 Å². The van der Waals surface area contributed by atoms with Crippen molar-refractivity contribution in [3.8, 4) is 0 Å². The van der Waals surface area contributed by atoms with Crippen LogP contribution in [-0.4, -0.2) is 64.8 Å². The van der Waals surface area contributed by atoms with Crippen molar-refractivity contribution in [2.24, 2.45) is 28.6 Å². The van der Waals surface area contributed by atoms with E-state index < -0.39 is 52.4 Å². The third kappa shape index (κ3) is 3.02. The summed E-state index contributed by atoms with van der Waals surface area (Å²) < 4.78 is 25.1. The fraction of sp³-hybridized carbons (Fsp3) is 0.833. The number of hydrogen-bond donors (Lipinski definition) is 2. The SMILES string of the molecule is [3H]CSO[C@H]1C[C@@]2(O)C(OC(C)=O)C3[C@@H]4CO[C@@H]4C[C@H](C)[C@@]3(C)[C@H](O)C(=O)C(=C1C)C2(C)C. The molecule has 1 aliphatic heterocycles. The molecule has 1 saturated heterocycles. The number of rotatable bonds is 3. The third-order valence-electron chi connectivity index (χ3n) is 9.25. The first-order chi connectivity index (χ1) is 15.3. The Labute approximate surface area is 195 Å². The number of ether oxygens (including phenoxy) is 2. The zero-order valence-electron chi connectivity index (χ0n) is 20.7. The quantitative estimate of drug-likeness (QED) is 0.480. The van der Waals surface area contributed by atoms with Gasteiger partial charge < -0.3 is 23.9 Å². The van der Waals surface area contributed by atoms with Gasteiger partial charge in [-0.15, -0.1) is 0 Å². The summed E-state index contributed by atoms with van der Waals surface area (Å²) in [6.07, 6.45) is -2.23. The number of hydrogen-bond acceptors (Lipinski definition) is 8. The topological polar surface area (TPSA) is 102 Å². The third-order valence-corrected chi connectivity index (χ3v) is 9.61. The molecule has 0 aromatic carbocycles. The summed E-state index contributed by atoms with van der Waals surface area (Å²) in [6, 6.07) is 0. The van der Waals surface area contributed by atoms with Crippen molar-refractivity contribution in [2.45, 2.75) is 84.4 Å². The monoisotopic (exact) mass is 470 g/mol. The van der Waals surface area contributed by atoms with Crippen molar-refractivity contribution < 1.29 is 34.8 Å². The molecule has 0 spiro atoms. The Bertz CT molecular complexity index is 875. The molecule has 2 bridgehead atoms. The smallest absolute Gasteiger partial charge is 0.303 e. The molecular formula is C24H36O7S. The lowest BCUT2D eigenvalue weighted by Gasteiger charge is -2.65. The van der Waals surface area contributed by atoms with E-state index in [1.54, 1.807) is 20.8 Å². The standard InChI is InChI=1S/C24H36O7S/c1-11-8-15-14(10-29-15)18-21(30-13(3)25)24(28)9-16(31-32-7)12(2)17(22(24,4)5)19(26)20(27)23(11,18)6/h11,14-16,18,20-21,27-28H,8-10H2,1-7H3/t11-,14+,15+,16-,18?,20+,21?,23+,24+/m0/s1/i7T. The highest BCUT2D eigenvalue weighted by molar-refractivity contribution is 7.93. The molecule has 0 aromatic heterocycles. The number of carbonyl (C=O) groups excluding carboxylic acids is 2. The molecule has 0 amide bonds. The molecule has 3 aliphatic carbocycles. The zero-order valence-corrected chi connectivity index (χ0v) is 20.5. The summed E-state index contributed by atoms with van der Waals surface area (Å²) in [5.41, 5.74) is -2.67. The highest BCUT2D eigenvalue weighted by Crippen LogP contribution is 2.63. The van der Waals surface area contributed by atoms with Gasteiger partial charge in [0.2, 0.25) is 0 Å². The molecule has 32 heavy (non-hydrogen) atoms. The van der Waals surface area contributed by atoms with Gasteiger partial charge in [0.1, 0.15) is 17.8 Å². The molecule has 0 aromatic rings. The summed E-state index contributed by atoms with van der Waals surface area (Å²) in [5, 5.41) is 24.2. The van der Waals surface area contributed by atoms with Gasteiger partial charge in [-0.3, -0.25) is 9.59 Å². The van der Waals surface area contributed by atoms with E-state index in [2.05, 4.69) is 0 Å². The Kier molecular flexibility index (Phi) is 5.57. The number of carbonyl (C=O) groups is 2. The van der Waals surface area contributed by atoms with Crippen LogP contribution in [0.5, 0.6) is 0 Å². The van der Waals surface area contributed by atoms with Crippen LogP contribution in [0.4, 0.5) is 0 Å². The van der Waals surface area contributed by atoms with E-state index in [1.807, 2.05) is 13.8 Å². The second kappa shape index (κ2) is 7.80. The first-order valence-corrected chi connectivity index (χ1v) is 12.3. The van der Waals surface area contributed by atoms with Gasteiger partial charge in [0.05, 0.1) is 18.8 Å². The number of Topliss-reactive ketones (excluding diaryl/α,β-unsaturated/α-hetero) is 1. The van der Waals surface area contributed by atoms with E-state index in [1.165, 1.54) is 6.92 Å². The summed E-state index contributed by atoms with van der Waals surface area (Å²) in [4.78, 5) is 26.4. The fourth-order valence-electron chi connectivity index (χ4n) is 7.11. The minimum atomic E-state index is -1.63. The summed E-state index contributed by atoms with van der Waals surface area (Å²) in [5.74, 6) is -1.54. The van der Waals surface area contributed by atoms with Gasteiger partial charge in [-0.05, 0) is 36.9 Å². The van der Waals surface area contributed by atoms with Crippen LogP contribution in [0.15, 0.2) is 11.1 Å². The number of aliphatic hydroxyl groups is 2. The van der Waals surface area contributed by atoms with Crippen LogP contribution in [-0.2, 0) is 23.2 Å². The molecule has 8 heteroatoms. The van der Waals surface area contributed by atoms with Crippen LogP contribution in [0.2, 0.25) is 0 Å². The highest BCUT2D eigenvalue weighted by Gasteiger charge is 2.71. The van der Waals surface area contributed by atoms with E-state index in [0.717, 1.165) is 12.0 Å². The molecule has 180 valence electrons. The number of ketones is 1. The number of fused-ring (bicyclic) bond motifs is 5. The lowest BCUT2D eigenvalue weighted by molar-refractivity contribution is -0.285. The minimum Gasteiger partial charge on any atom is -0.459 e. The highest BCUT2D eigenvalue weighted by atomic mass is 32.2. The molecule has 2 saturated carbocycles. The van der Waals surface area contributed by atoms with Crippen LogP contribution < -0.4 is 0 Å². The Morgan fingerprint density at radius 2 is 2.03 bits per heavy atom. The van der Waals surface area contributed by atoms with Crippen molar-refractivity contribution in [1.82, 2.24) is 0 Å². The molecule has 2 N–H and O–H groups in total. The van der Waals surface area contributed by atoms with Gasteiger partial charge in [0.25, 0.3) is 0 Å². The average Bonchev–Trinajstić information content (AvgIpc) is 2.72. The number of esters is 1. The van der Waals surface area contributed by atoms with Crippen LogP contribution >= 0.6 is 12.0 Å². The molecule has 4 aliphatic rings. The molecule has 9 atom stereocenters. The normalized spacial score (nSPS) is 47.9. The maximum atomic E-state index is 14.0. The van der Waals surface area contributed by atoms with Crippen molar-refractivity contribution in [1.29, 1.82) is 0 Å². The Morgan fingerprint density at radius 3 is 2.59 bits per heavy atom. The molecule has 0 radical (unpaired) electrons. The Balaban J connectivity index is 1.98. The lowest BCUT2D eigenvalue weighted by Crippen LogP contribution is -2.74. The predicted octanol–water partition coefficient (Wildman–Crippen LogP) is 2.68. The van der Waals surface area contributed by atoms with Crippen LogP contribution in [0.25, 0.3) is 0 Å². The van der Waals surface area contributed by atoms with Gasteiger partial charge in [0, 0.05) is 49.2 Å². The van der Waals surface area contributed by atoms with E-state index in [-0.39, 0.29) is 30.6 Å². The second-order valence-electron chi connectivity index (χ2n) is 10.9. The number of aliphatic hydroxyl groups excluding tert-OH is 1. The lowest BCUT2D eigenvalue weighted by atomic mass is 9.44. The van der Waals surface area contributed by atoms with E-state index in [9.17, 15) is 19.8 Å². The zero-order chi connectivity index (χ0) is 24.5. The molecule has 7 nitrogen and oxygen atoms in total. The van der Waals surface area contributed by atoms with Crippen LogP contribution in [0.3, 0.4) is 0 Å². The van der Waals surface area contributed by atoms with Gasteiger partial charge in [-0.25, -0.2) is 0 Å². The molecular weight excluding hydrogens is 432 g/mol. The second-order valence-corrected chi connectivity index (χ2v) is 11.3. The Morgan fingerprint density at radius 1 is 1.34 bits per heavy atom. The van der Waals surface area contributed by atoms with E-state index in [0.29, 0.717) is 24.2 Å². The minimum absolute atomic E-state index is 0.0375. The first-order valence-electron chi connectivity index (χ1n) is 12.0. The summed E-state index contributed by atoms with van der Waals surface area (Å²) in [7, 11) is 0. The molecule has 3 fully saturated rings. The maximum Gasteiger partial charge on any atom is 0.303 e. The van der Waals surface area contributed by atoms with Crippen molar-refractivity contribution >= 4 is 23.8 Å². The van der Waals surface area contributed by atoms with Gasteiger partial charge >= 0.3 is 5.97 Å². The Hall–Kier alpha value is -0.930. The van der Waals surface area contributed by atoms with E-state index in [4.69, 9.17) is 15.0 Å². The van der Waals surface area contributed by atoms with E-state index >= 15 is 0 Å². The predicted molar refractivity (Wildman–Crippen MR) is 120 cm³/mol. The average molecular weight is 471 g/mol. The molecule has 1 heterocycles.